The van der Waals surface area contributed by atoms with Crippen LogP contribution in [0.2, 0.25) is 0 Å². The second-order valence-electron chi connectivity index (χ2n) is 0.670. The maximum atomic E-state index is 4.86. The summed E-state index contributed by atoms with van der Waals surface area (Å²) in [6.07, 6.45) is 4.70. The van der Waals surface area contributed by atoms with E-state index >= 15 is 0 Å². The second kappa shape index (κ2) is 1.42. The first-order valence-corrected chi connectivity index (χ1v) is 1.18. The Morgan fingerprint density at radius 1 is 2.00 bits per heavy atom. The Kier molecular flexibility index (Phi) is 1.17. The van der Waals surface area contributed by atoms with Crippen LogP contribution in [-0.4, -0.2) is 0 Å². The smallest absolute Gasteiger partial charge is 0.0751 e. The molecule has 0 unspecified atom stereocenters. The van der Waals surface area contributed by atoms with Gasteiger partial charge < -0.3 is 5.73 Å². The van der Waals surface area contributed by atoms with Crippen molar-refractivity contribution >= 4 is 0 Å². The van der Waals surface area contributed by atoms with Crippen LogP contribution in [0.25, 0.3) is 0 Å². The Balaban J connectivity index is 3.35. The van der Waals surface area contributed by atoms with E-state index < -0.39 is 0 Å². The average molecular weight is 67.1 g/mol. The summed E-state index contributed by atoms with van der Waals surface area (Å²) in [5, 5.41) is 0. The molecular formula is C4H5N. The number of hydrogen-bond donors (Lipinski definition) is 1. The van der Waals surface area contributed by atoms with Crippen molar-refractivity contribution in [1.82, 2.24) is 0 Å². The maximum Gasteiger partial charge on any atom is 0.0751 e. The molecule has 0 saturated heterocycles. The van der Waals surface area contributed by atoms with E-state index in [1.165, 1.54) is 0 Å². The van der Waals surface area contributed by atoms with Gasteiger partial charge in [-0.2, -0.15) is 0 Å². The lowest BCUT2D eigenvalue weighted by Gasteiger charge is -1.70. The molecule has 0 bridgehead atoms. The normalized spacial score (nSPS) is 5.40. The van der Waals surface area contributed by atoms with E-state index in [-0.39, 0.29) is 5.70 Å². The standard InChI is InChI=1S/C4H5N/c1-3-4(2)5/h1H,2,5H2. The molecule has 0 spiro atoms. The van der Waals surface area contributed by atoms with Gasteiger partial charge in [-0.3, -0.25) is 0 Å². The molecule has 1 nitrogen and oxygen atoms in total. The summed E-state index contributed by atoms with van der Waals surface area (Å²) in [6.45, 7) is 3.22. The molecule has 0 radical (unpaired) electrons. The molecule has 0 heterocycles. The third-order valence-corrected chi connectivity index (χ3v) is 0.185. The highest BCUT2D eigenvalue weighted by molar-refractivity contribution is 5.16. The van der Waals surface area contributed by atoms with Gasteiger partial charge >= 0.3 is 0 Å². The van der Waals surface area contributed by atoms with Crippen molar-refractivity contribution in [3.8, 4) is 12.3 Å². The third-order valence-electron chi connectivity index (χ3n) is 0.185. The summed E-state index contributed by atoms with van der Waals surface area (Å²) >= 11 is 0. The predicted molar refractivity (Wildman–Crippen MR) is 22.2 cm³/mol. The minimum absolute atomic E-state index is 0.282. The highest BCUT2D eigenvalue weighted by Crippen LogP contribution is 1.60. The van der Waals surface area contributed by atoms with E-state index in [4.69, 9.17) is 12.2 Å². The lowest BCUT2D eigenvalue weighted by atomic mass is 10.6. The van der Waals surface area contributed by atoms with Crippen LogP contribution < -0.4 is 5.73 Å². The van der Waals surface area contributed by atoms with Crippen LogP contribution in [-0.2, 0) is 0 Å². The van der Waals surface area contributed by atoms with E-state index in [9.17, 15) is 0 Å². The van der Waals surface area contributed by atoms with Crippen molar-refractivity contribution in [1.29, 1.82) is 0 Å². The molecule has 1 heteroatoms. The molecule has 0 aliphatic heterocycles. The summed E-state index contributed by atoms with van der Waals surface area (Å²) in [6, 6.07) is 0. The predicted octanol–water partition coefficient (Wildman–Crippen LogP) is 0.0920. The van der Waals surface area contributed by atoms with Crippen LogP contribution in [0.3, 0.4) is 0 Å². The molecule has 0 rings (SSSR count). The Bertz CT molecular complexity index is 76.1. The van der Waals surface area contributed by atoms with Gasteiger partial charge in [0.05, 0.1) is 5.70 Å². The van der Waals surface area contributed by atoms with Crippen LogP contribution in [0.4, 0.5) is 0 Å². The van der Waals surface area contributed by atoms with E-state index in [2.05, 4.69) is 12.5 Å². The van der Waals surface area contributed by atoms with E-state index in [1.807, 2.05) is 0 Å². The van der Waals surface area contributed by atoms with Gasteiger partial charge in [0.1, 0.15) is 0 Å². The van der Waals surface area contributed by atoms with Crippen LogP contribution in [0.5, 0.6) is 0 Å². The molecule has 0 saturated carbocycles. The number of hydrogen-bond acceptors (Lipinski definition) is 1. The lowest BCUT2D eigenvalue weighted by Crippen LogP contribution is -1.86. The average Bonchev–Trinajstić information content (AvgIpc) is 1.38. The van der Waals surface area contributed by atoms with Crippen LogP contribution in [0.1, 0.15) is 0 Å². The first kappa shape index (κ1) is 4.10. The molecule has 0 aromatic heterocycles. The fourth-order valence-corrected chi connectivity index (χ4v) is 0. The SMILES string of the molecule is C#CC(=C)N. The van der Waals surface area contributed by atoms with E-state index in [0.29, 0.717) is 0 Å². The van der Waals surface area contributed by atoms with Gasteiger partial charge in [0.2, 0.25) is 0 Å². The lowest BCUT2D eigenvalue weighted by molar-refractivity contribution is 1.50. The number of nitrogens with two attached hydrogens (primary N) is 1. The molecule has 0 atom stereocenters. The van der Waals surface area contributed by atoms with Crippen molar-refractivity contribution in [2.75, 3.05) is 0 Å². The summed E-state index contributed by atoms with van der Waals surface area (Å²) in [7, 11) is 0. The van der Waals surface area contributed by atoms with Gasteiger partial charge in [0.25, 0.3) is 0 Å². The zero-order valence-electron chi connectivity index (χ0n) is 2.86. The molecule has 0 fully saturated rings. The van der Waals surface area contributed by atoms with E-state index in [1.54, 1.807) is 0 Å². The Morgan fingerprint density at radius 2 is 2.20 bits per heavy atom. The first-order valence-electron chi connectivity index (χ1n) is 1.18. The summed E-state index contributed by atoms with van der Waals surface area (Å²) < 4.78 is 0. The monoisotopic (exact) mass is 67.0 g/mol. The molecule has 0 aromatic rings. The second-order valence-corrected chi connectivity index (χ2v) is 0.670. The molecule has 0 aliphatic rings. The van der Waals surface area contributed by atoms with Crippen molar-refractivity contribution < 1.29 is 0 Å². The van der Waals surface area contributed by atoms with Gasteiger partial charge in [-0.15, -0.1) is 6.42 Å². The molecule has 5 heavy (non-hydrogen) atoms. The number of allylic oxidation sites excluding steroid dienone is 1. The van der Waals surface area contributed by atoms with Crippen LogP contribution >= 0.6 is 0 Å². The molecule has 26 valence electrons. The Morgan fingerprint density at radius 3 is 2.20 bits per heavy atom. The first-order chi connectivity index (χ1) is 2.27. The Hall–Kier alpha value is -0.900. The van der Waals surface area contributed by atoms with Crippen LogP contribution in [0.15, 0.2) is 12.3 Å². The third kappa shape index (κ3) is 3.10. The Labute approximate surface area is 31.5 Å². The highest BCUT2D eigenvalue weighted by Gasteiger charge is 1.58. The molecule has 0 aliphatic carbocycles. The maximum absolute atomic E-state index is 4.86. The zero-order chi connectivity index (χ0) is 4.28. The van der Waals surface area contributed by atoms with Crippen molar-refractivity contribution in [2.45, 2.75) is 0 Å². The quantitative estimate of drug-likeness (QED) is 0.399. The molecule has 2 N–H and O–H groups in total. The van der Waals surface area contributed by atoms with Crippen molar-refractivity contribution in [2.24, 2.45) is 5.73 Å². The molecule has 0 amide bonds. The van der Waals surface area contributed by atoms with Gasteiger partial charge in [-0.25, -0.2) is 0 Å². The van der Waals surface area contributed by atoms with Gasteiger partial charge in [0, 0.05) is 0 Å². The number of terminal acetylenes is 1. The number of rotatable bonds is 0. The summed E-state index contributed by atoms with van der Waals surface area (Å²) in [5.74, 6) is 2.11. The van der Waals surface area contributed by atoms with Gasteiger partial charge in [-0.1, -0.05) is 12.5 Å². The summed E-state index contributed by atoms with van der Waals surface area (Å²) in [4.78, 5) is 0. The van der Waals surface area contributed by atoms with Crippen molar-refractivity contribution in [3.63, 3.8) is 0 Å². The topological polar surface area (TPSA) is 26.0 Å². The van der Waals surface area contributed by atoms with Gasteiger partial charge in [0.15, 0.2) is 0 Å². The highest BCUT2D eigenvalue weighted by atomic mass is 14.5. The fraction of sp³-hybridized carbons (Fsp3) is 0. The molecular weight excluding hydrogens is 62.1 g/mol. The minimum atomic E-state index is 0.282. The van der Waals surface area contributed by atoms with E-state index in [0.717, 1.165) is 0 Å². The largest absolute Gasteiger partial charge is 0.392 e. The summed E-state index contributed by atoms with van der Waals surface area (Å²) in [5.41, 5.74) is 5.14. The fourth-order valence-electron chi connectivity index (χ4n) is 0. The van der Waals surface area contributed by atoms with Gasteiger partial charge in [-0.05, 0) is 0 Å². The minimum Gasteiger partial charge on any atom is -0.392 e. The van der Waals surface area contributed by atoms with Crippen molar-refractivity contribution in [3.05, 3.63) is 12.3 Å². The zero-order valence-corrected chi connectivity index (χ0v) is 2.86. The molecule has 0 aromatic carbocycles. The van der Waals surface area contributed by atoms with Crippen LogP contribution in [0, 0.1) is 12.3 Å².